The number of anilines is 1. The highest BCUT2D eigenvalue weighted by molar-refractivity contribution is 6.36. The van der Waals surface area contributed by atoms with Crippen LogP contribution in [-0.4, -0.2) is 33.1 Å². The molecule has 3 atom stereocenters. The van der Waals surface area contributed by atoms with E-state index in [1.165, 1.54) is 10.9 Å². The number of amidine groups is 1. The molecule has 2 aromatic rings. The number of allylic oxidation sites excluding steroid dienone is 1. The molecule has 12 heteroatoms. The molecule has 3 heterocycles. The van der Waals surface area contributed by atoms with Crippen molar-refractivity contribution < 1.29 is 18.0 Å². The highest BCUT2D eigenvalue weighted by atomic mass is 35.5. The SMILES string of the molecule is CC1C(Cl)=C(C(=O)Nc2cccc(C3(C)Cn4nc(C(F)(F)F)cc4C(N)=N3)c2)N=CC1Cl. The quantitative estimate of drug-likeness (QED) is 0.618. The molecule has 0 radical (unpaired) electrons. The lowest BCUT2D eigenvalue weighted by molar-refractivity contribution is -0.141. The molecule has 0 fully saturated rings. The minimum Gasteiger partial charge on any atom is -0.382 e. The lowest BCUT2D eigenvalue weighted by atomic mass is 9.91. The summed E-state index contributed by atoms with van der Waals surface area (Å²) in [4.78, 5) is 21.2. The maximum atomic E-state index is 13.1. The number of carbonyl (C=O) groups is 1. The van der Waals surface area contributed by atoms with E-state index in [0.717, 1.165) is 6.07 Å². The zero-order chi connectivity index (χ0) is 24.1. The van der Waals surface area contributed by atoms with E-state index in [4.69, 9.17) is 28.9 Å². The Bertz CT molecular complexity index is 1220. The second-order valence-corrected chi connectivity index (χ2v) is 9.00. The molecular formula is C21H19Cl2F3N6O. The number of hydrogen-bond donors (Lipinski definition) is 2. The van der Waals surface area contributed by atoms with E-state index in [0.29, 0.717) is 11.3 Å². The molecule has 174 valence electrons. The molecule has 2 aliphatic rings. The number of nitrogens with one attached hydrogen (secondary N) is 1. The number of alkyl halides is 4. The van der Waals surface area contributed by atoms with Crippen LogP contribution in [0.15, 0.2) is 51.0 Å². The van der Waals surface area contributed by atoms with Gasteiger partial charge in [-0.15, -0.1) is 11.6 Å². The zero-order valence-electron chi connectivity index (χ0n) is 17.5. The second-order valence-electron chi connectivity index (χ2n) is 8.08. The highest BCUT2D eigenvalue weighted by Crippen LogP contribution is 2.36. The summed E-state index contributed by atoms with van der Waals surface area (Å²) in [5.74, 6) is -0.828. The Kier molecular flexibility index (Phi) is 5.78. The van der Waals surface area contributed by atoms with Crippen LogP contribution in [0.25, 0.3) is 0 Å². The smallest absolute Gasteiger partial charge is 0.382 e. The number of benzene rings is 1. The standard InChI is InChI=1S/C21H19Cl2F3N6O/c1-10-13(22)8-28-17(16(10)23)19(33)29-12-5-3-4-11(6-12)20(2)9-32-14(18(27)30-20)7-15(31-32)21(24,25)26/h3-8,10,13H,9H2,1-2H3,(H2,27,30)(H,29,33). The first-order valence-corrected chi connectivity index (χ1v) is 10.7. The van der Waals surface area contributed by atoms with Crippen molar-refractivity contribution in [3.05, 3.63) is 58.0 Å². The van der Waals surface area contributed by atoms with Gasteiger partial charge in [0.1, 0.15) is 22.8 Å². The number of amides is 1. The topological polar surface area (TPSA) is 97.7 Å². The minimum absolute atomic E-state index is 0.0341. The molecule has 0 spiro atoms. The van der Waals surface area contributed by atoms with Gasteiger partial charge in [0, 0.05) is 17.8 Å². The van der Waals surface area contributed by atoms with Gasteiger partial charge >= 0.3 is 6.18 Å². The van der Waals surface area contributed by atoms with Crippen molar-refractivity contribution in [2.45, 2.75) is 37.5 Å². The Balaban J connectivity index is 1.60. The molecule has 1 aromatic heterocycles. The van der Waals surface area contributed by atoms with E-state index in [-0.39, 0.29) is 34.7 Å². The van der Waals surface area contributed by atoms with Gasteiger partial charge in [-0.05, 0) is 30.7 Å². The molecule has 7 nitrogen and oxygen atoms in total. The Morgan fingerprint density at radius 3 is 2.76 bits per heavy atom. The van der Waals surface area contributed by atoms with Gasteiger partial charge in [0.05, 0.1) is 17.0 Å². The van der Waals surface area contributed by atoms with Gasteiger partial charge in [0.15, 0.2) is 5.69 Å². The Morgan fingerprint density at radius 2 is 2.06 bits per heavy atom. The third kappa shape index (κ3) is 4.37. The summed E-state index contributed by atoms with van der Waals surface area (Å²) < 4.78 is 40.5. The molecule has 0 bridgehead atoms. The molecule has 1 aromatic carbocycles. The fraction of sp³-hybridized carbons (Fsp3) is 0.333. The molecule has 3 N–H and O–H groups in total. The van der Waals surface area contributed by atoms with Crippen LogP contribution in [0.2, 0.25) is 0 Å². The number of fused-ring (bicyclic) bond motifs is 1. The first-order valence-electron chi connectivity index (χ1n) is 9.89. The normalized spacial score (nSPS) is 25.0. The van der Waals surface area contributed by atoms with Crippen molar-refractivity contribution >= 4 is 46.8 Å². The minimum atomic E-state index is -4.59. The van der Waals surface area contributed by atoms with Gasteiger partial charge in [-0.3, -0.25) is 19.5 Å². The number of hydrogen-bond acceptors (Lipinski definition) is 5. The fourth-order valence-corrected chi connectivity index (χ4v) is 4.19. The number of nitrogens with zero attached hydrogens (tertiary/aromatic N) is 4. The van der Waals surface area contributed by atoms with Crippen LogP contribution < -0.4 is 11.1 Å². The predicted octanol–water partition coefficient (Wildman–Crippen LogP) is 4.25. The monoisotopic (exact) mass is 498 g/mol. The zero-order valence-corrected chi connectivity index (χ0v) is 19.0. The van der Waals surface area contributed by atoms with E-state index in [2.05, 4.69) is 20.4 Å². The molecule has 2 aliphatic heterocycles. The van der Waals surface area contributed by atoms with Gasteiger partial charge < -0.3 is 11.1 Å². The van der Waals surface area contributed by atoms with Crippen LogP contribution in [0.1, 0.15) is 30.8 Å². The molecule has 0 saturated carbocycles. The van der Waals surface area contributed by atoms with E-state index in [1.54, 1.807) is 38.1 Å². The van der Waals surface area contributed by atoms with Gasteiger partial charge in [0.2, 0.25) is 0 Å². The summed E-state index contributed by atoms with van der Waals surface area (Å²) >= 11 is 12.4. The maximum absolute atomic E-state index is 13.1. The Morgan fingerprint density at radius 1 is 1.33 bits per heavy atom. The van der Waals surface area contributed by atoms with E-state index < -0.39 is 28.7 Å². The fourth-order valence-electron chi connectivity index (χ4n) is 3.67. The van der Waals surface area contributed by atoms with E-state index in [1.807, 2.05) is 0 Å². The summed E-state index contributed by atoms with van der Waals surface area (Å²) in [6, 6.07) is 7.65. The number of halogens is 5. The van der Waals surface area contributed by atoms with Crippen LogP contribution in [0.3, 0.4) is 0 Å². The lowest BCUT2D eigenvalue weighted by Gasteiger charge is -2.31. The van der Waals surface area contributed by atoms with E-state index >= 15 is 0 Å². The molecule has 0 aliphatic carbocycles. The summed E-state index contributed by atoms with van der Waals surface area (Å²) in [7, 11) is 0. The molecular weight excluding hydrogens is 480 g/mol. The van der Waals surface area contributed by atoms with Crippen LogP contribution >= 0.6 is 23.2 Å². The molecule has 0 saturated heterocycles. The molecule has 3 unspecified atom stereocenters. The van der Waals surface area contributed by atoms with Crippen molar-refractivity contribution in [2.24, 2.45) is 21.6 Å². The van der Waals surface area contributed by atoms with Crippen molar-refractivity contribution in [1.29, 1.82) is 0 Å². The number of rotatable bonds is 3. The van der Waals surface area contributed by atoms with Crippen molar-refractivity contribution in [3.63, 3.8) is 0 Å². The Labute approximate surface area is 197 Å². The first kappa shape index (κ1) is 23.3. The average molecular weight is 499 g/mol. The van der Waals surface area contributed by atoms with Crippen LogP contribution in [0, 0.1) is 5.92 Å². The average Bonchev–Trinajstić information content (AvgIpc) is 3.17. The lowest BCUT2D eigenvalue weighted by Crippen LogP contribution is -2.37. The summed E-state index contributed by atoms with van der Waals surface area (Å²) in [5.41, 5.74) is 5.16. The summed E-state index contributed by atoms with van der Waals surface area (Å²) in [5, 5.41) is 6.25. The third-order valence-corrected chi connectivity index (χ3v) is 6.58. The Hall–Kier alpha value is -2.85. The van der Waals surface area contributed by atoms with Crippen LogP contribution in [0.4, 0.5) is 18.9 Å². The number of carbonyl (C=O) groups excluding carboxylic acids is 1. The highest BCUT2D eigenvalue weighted by Gasteiger charge is 2.39. The third-order valence-electron chi connectivity index (χ3n) is 5.56. The van der Waals surface area contributed by atoms with E-state index in [9.17, 15) is 18.0 Å². The summed E-state index contributed by atoms with van der Waals surface area (Å²) in [6.45, 7) is 3.55. The van der Waals surface area contributed by atoms with Gasteiger partial charge in [-0.25, -0.2) is 0 Å². The van der Waals surface area contributed by atoms with Crippen molar-refractivity contribution in [1.82, 2.24) is 9.78 Å². The first-order chi connectivity index (χ1) is 15.4. The van der Waals surface area contributed by atoms with Crippen molar-refractivity contribution in [2.75, 3.05) is 5.32 Å². The number of aliphatic imine (C=N–C) groups is 2. The van der Waals surface area contributed by atoms with Crippen LogP contribution in [0.5, 0.6) is 0 Å². The summed E-state index contributed by atoms with van der Waals surface area (Å²) in [6.07, 6.45) is -3.13. The van der Waals surface area contributed by atoms with Crippen LogP contribution in [-0.2, 0) is 23.1 Å². The number of nitrogens with two attached hydrogens (primary N) is 1. The van der Waals surface area contributed by atoms with Gasteiger partial charge in [0.25, 0.3) is 5.91 Å². The van der Waals surface area contributed by atoms with Crippen molar-refractivity contribution in [3.8, 4) is 0 Å². The largest absolute Gasteiger partial charge is 0.435 e. The maximum Gasteiger partial charge on any atom is 0.435 e. The number of aromatic nitrogens is 2. The second kappa shape index (κ2) is 8.18. The predicted molar refractivity (Wildman–Crippen MR) is 121 cm³/mol. The molecule has 33 heavy (non-hydrogen) atoms. The van der Waals surface area contributed by atoms with Gasteiger partial charge in [-0.1, -0.05) is 30.7 Å². The van der Waals surface area contributed by atoms with Gasteiger partial charge in [-0.2, -0.15) is 18.3 Å². The molecule has 1 amide bonds. The molecule has 4 rings (SSSR count).